The van der Waals surface area contributed by atoms with Gasteiger partial charge in [-0.05, 0) is 64.4 Å². The van der Waals surface area contributed by atoms with Gasteiger partial charge in [0.2, 0.25) is 0 Å². The summed E-state index contributed by atoms with van der Waals surface area (Å²) in [5.74, 6) is 0.723. The van der Waals surface area contributed by atoms with Crippen LogP contribution in [0.2, 0.25) is 0 Å². The minimum absolute atomic E-state index is 0.318. The average molecular weight is 245 g/mol. The first-order valence-electron chi connectivity index (χ1n) is 5.69. The van der Waals surface area contributed by atoms with Crippen LogP contribution in [0.25, 0.3) is 0 Å². The topological polar surface area (TPSA) is 38.3 Å². The van der Waals surface area contributed by atoms with Crippen LogP contribution in [-0.2, 0) is 9.53 Å². The lowest BCUT2D eigenvalue weighted by Gasteiger charge is -2.21. The maximum Gasteiger partial charge on any atom is 0.293 e. The normalized spacial score (nSPS) is 17.0. The molecule has 1 saturated heterocycles. The zero-order valence-electron chi connectivity index (χ0n) is 10.7. The molecule has 94 valence electrons. The van der Waals surface area contributed by atoms with E-state index in [1.165, 1.54) is 17.7 Å². The van der Waals surface area contributed by atoms with Crippen molar-refractivity contribution in [3.8, 4) is 0 Å². The van der Waals surface area contributed by atoms with Crippen molar-refractivity contribution in [3.05, 3.63) is 0 Å². The molecule has 1 rings (SSSR count). The summed E-state index contributed by atoms with van der Waals surface area (Å²) >= 11 is 5.09. The molecular formula is C12H23NO2S. The molecule has 3 nitrogen and oxygen atoms in total. The van der Waals surface area contributed by atoms with Gasteiger partial charge in [-0.3, -0.25) is 4.79 Å². The highest BCUT2D eigenvalue weighted by Gasteiger charge is 2.13. The highest BCUT2D eigenvalue weighted by Crippen LogP contribution is 2.12. The molecule has 1 N–H and O–H groups in total. The van der Waals surface area contributed by atoms with Gasteiger partial charge in [0.05, 0.1) is 0 Å². The third-order valence-electron chi connectivity index (χ3n) is 2.32. The van der Waals surface area contributed by atoms with Gasteiger partial charge in [-0.2, -0.15) is 0 Å². The predicted molar refractivity (Wildman–Crippen MR) is 70.8 cm³/mol. The first-order valence-corrected chi connectivity index (χ1v) is 6.10. The lowest BCUT2D eigenvalue weighted by Crippen LogP contribution is -2.30. The predicted octanol–water partition coefficient (Wildman–Crippen LogP) is 2.33. The quantitative estimate of drug-likeness (QED) is 0.598. The van der Waals surface area contributed by atoms with E-state index in [-0.39, 0.29) is 5.60 Å². The minimum Gasteiger partial charge on any atom is -0.462 e. The van der Waals surface area contributed by atoms with E-state index in [1.54, 1.807) is 0 Å². The third kappa shape index (κ3) is 8.80. The number of hydrogen-bond donors (Lipinski definition) is 1. The van der Waals surface area contributed by atoms with Crippen molar-refractivity contribution in [2.24, 2.45) is 5.92 Å². The van der Waals surface area contributed by atoms with E-state index >= 15 is 0 Å². The van der Waals surface area contributed by atoms with Gasteiger partial charge in [-0.1, -0.05) is 12.2 Å². The summed E-state index contributed by atoms with van der Waals surface area (Å²) in [6.45, 7) is 10.3. The molecule has 0 amide bonds. The Hall–Kier alpha value is -0.480. The minimum atomic E-state index is -0.318. The Morgan fingerprint density at radius 3 is 2.06 bits per heavy atom. The van der Waals surface area contributed by atoms with Gasteiger partial charge in [0.15, 0.2) is 0 Å². The highest BCUT2D eigenvalue weighted by molar-refractivity contribution is 7.80. The number of hydrogen-bond acceptors (Lipinski definition) is 4. The Balaban J connectivity index is 0.000000293. The molecule has 0 spiro atoms. The van der Waals surface area contributed by atoms with Gasteiger partial charge in [-0.15, -0.1) is 0 Å². The number of ether oxygens (including phenoxy) is 1. The van der Waals surface area contributed by atoms with Gasteiger partial charge < -0.3 is 10.1 Å². The number of rotatable bonds is 2. The van der Waals surface area contributed by atoms with E-state index in [0.29, 0.717) is 6.47 Å². The van der Waals surface area contributed by atoms with E-state index < -0.39 is 0 Å². The van der Waals surface area contributed by atoms with E-state index in [0.717, 1.165) is 19.0 Å². The van der Waals surface area contributed by atoms with Gasteiger partial charge in [0.25, 0.3) is 6.47 Å². The molecule has 0 radical (unpaired) electrons. The molecule has 16 heavy (non-hydrogen) atoms. The van der Waals surface area contributed by atoms with Crippen molar-refractivity contribution in [2.75, 3.05) is 13.1 Å². The molecule has 1 aliphatic rings. The maximum absolute atomic E-state index is 9.60. The molecule has 4 heteroatoms. The van der Waals surface area contributed by atoms with Gasteiger partial charge in [-0.25, -0.2) is 0 Å². The summed E-state index contributed by atoms with van der Waals surface area (Å²) in [5.41, 5.74) is -0.318. The fraction of sp³-hybridized carbons (Fsp3) is 0.833. The first kappa shape index (κ1) is 15.5. The molecule has 0 aromatic carbocycles. The van der Waals surface area contributed by atoms with Crippen LogP contribution in [0.3, 0.4) is 0 Å². The number of thiocarbonyl (C=S) groups is 1. The molecule has 0 aliphatic carbocycles. The van der Waals surface area contributed by atoms with Crippen LogP contribution in [0.5, 0.6) is 0 Å². The standard InChI is InChI=1S/C7H13NS.C5H10O2/c1-6(9)7-2-4-8-5-3-7;1-5(2,3)7-4-6/h7-8H,2-5H2,1H3;4H,1-3H3. The second-order valence-electron chi connectivity index (χ2n) is 4.96. The molecular weight excluding hydrogens is 222 g/mol. The van der Waals surface area contributed by atoms with Crippen molar-refractivity contribution in [2.45, 2.75) is 46.1 Å². The Kier molecular flexibility index (Phi) is 7.51. The van der Waals surface area contributed by atoms with Crippen molar-refractivity contribution >= 4 is 23.6 Å². The number of nitrogens with one attached hydrogen (secondary N) is 1. The third-order valence-corrected chi connectivity index (χ3v) is 2.65. The van der Waals surface area contributed by atoms with Crippen LogP contribution in [0.1, 0.15) is 40.5 Å². The fourth-order valence-electron chi connectivity index (χ4n) is 1.37. The molecule has 1 aliphatic heterocycles. The Bertz CT molecular complexity index is 218. The van der Waals surface area contributed by atoms with Crippen molar-refractivity contribution in [1.82, 2.24) is 5.32 Å². The monoisotopic (exact) mass is 245 g/mol. The Morgan fingerprint density at radius 2 is 1.88 bits per heavy atom. The van der Waals surface area contributed by atoms with Crippen LogP contribution in [0, 0.1) is 5.92 Å². The zero-order valence-corrected chi connectivity index (χ0v) is 11.5. The summed E-state index contributed by atoms with van der Waals surface area (Å²) in [6, 6.07) is 0. The van der Waals surface area contributed by atoms with Crippen molar-refractivity contribution in [1.29, 1.82) is 0 Å². The second-order valence-corrected chi connectivity index (χ2v) is 5.61. The summed E-state index contributed by atoms with van der Waals surface area (Å²) in [6.07, 6.45) is 2.49. The summed E-state index contributed by atoms with van der Waals surface area (Å²) < 4.78 is 4.55. The van der Waals surface area contributed by atoms with E-state index in [9.17, 15) is 4.79 Å². The van der Waals surface area contributed by atoms with Crippen molar-refractivity contribution < 1.29 is 9.53 Å². The largest absolute Gasteiger partial charge is 0.462 e. The zero-order chi connectivity index (χ0) is 12.6. The summed E-state index contributed by atoms with van der Waals surface area (Å²) in [4.78, 5) is 10.8. The van der Waals surface area contributed by atoms with E-state index in [4.69, 9.17) is 12.2 Å². The van der Waals surface area contributed by atoms with Crippen LogP contribution >= 0.6 is 12.2 Å². The molecule has 0 unspecified atom stereocenters. The summed E-state index contributed by atoms with van der Waals surface area (Å²) in [7, 11) is 0. The lowest BCUT2D eigenvalue weighted by molar-refractivity contribution is -0.138. The Morgan fingerprint density at radius 1 is 1.38 bits per heavy atom. The summed E-state index contributed by atoms with van der Waals surface area (Å²) in [5, 5.41) is 3.31. The molecule has 0 saturated carbocycles. The van der Waals surface area contributed by atoms with E-state index in [2.05, 4.69) is 17.0 Å². The first-order chi connectivity index (χ1) is 7.37. The highest BCUT2D eigenvalue weighted by atomic mass is 32.1. The van der Waals surface area contributed by atoms with Gasteiger partial charge in [0.1, 0.15) is 5.60 Å². The molecule has 0 aromatic rings. The molecule has 1 fully saturated rings. The van der Waals surface area contributed by atoms with E-state index in [1.807, 2.05) is 20.8 Å². The van der Waals surface area contributed by atoms with Crippen LogP contribution in [0.15, 0.2) is 0 Å². The molecule has 1 heterocycles. The van der Waals surface area contributed by atoms with Crippen molar-refractivity contribution in [3.63, 3.8) is 0 Å². The molecule has 0 bridgehead atoms. The maximum atomic E-state index is 9.60. The number of carbonyl (C=O) groups is 1. The number of carbonyl (C=O) groups excluding carboxylic acids is 1. The van der Waals surface area contributed by atoms with Gasteiger partial charge >= 0.3 is 0 Å². The molecule has 0 atom stereocenters. The van der Waals surface area contributed by atoms with Crippen LogP contribution in [-0.4, -0.2) is 30.0 Å². The lowest BCUT2D eigenvalue weighted by atomic mass is 9.96. The van der Waals surface area contributed by atoms with Gasteiger partial charge in [0, 0.05) is 0 Å². The fourth-order valence-corrected chi connectivity index (χ4v) is 1.61. The Labute approximate surface area is 104 Å². The van der Waals surface area contributed by atoms with Crippen LogP contribution < -0.4 is 5.32 Å². The number of piperidine rings is 1. The SMILES string of the molecule is CC(=S)C1CCNCC1.CC(C)(C)OC=O. The second kappa shape index (κ2) is 7.74. The molecule has 0 aromatic heterocycles. The average Bonchev–Trinajstić information content (AvgIpc) is 2.18. The van der Waals surface area contributed by atoms with Crippen LogP contribution in [0.4, 0.5) is 0 Å². The smallest absolute Gasteiger partial charge is 0.293 e.